The molecule has 0 saturated carbocycles. The number of aromatic hydroxyl groups is 1. The standard InChI is InChI=1S/C30H26N4O3/c31-29-33-30(24-13-3-1-4-14-24,25-15-5-2-6-16-25)28(37)34(29)20-21-10-9-12-22(18-21)27(36)32-19-23-11-7-8-17-26(23)35/h1-18,35H,19-20H2,(H2,31,33)(H,32,36). The molecular formula is C30H26N4O3. The van der Waals surface area contributed by atoms with Crippen LogP contribution in [0, 0.1) is 0 Å². The molecule has 0 aromatic heterocycles. The number of nitrogens with two attached hydrogens (primary N) is 1. The summed E-state index contributed by atoms with van der Waals surface area (Å²) < 4.78 is 0. The first-order chi connectivity index (χ1) is 18.0. The molecule has 7 heteroatoms. The van der Waals surface area contributed by atoms with Crippen molar-refractivity contribution in [3.05, 3.63) is 137 Å². The molecule has 0 radical (unpaired) electrons. The van der Waals surface area contributed by atoms with Crippen molar-refractivity contribution >= 4 is 17.8 Å². The number of carbonyl (C=O) groups is 2. The van der Waals surface area contributed by atoms with E-state index < -0.39 is 5.54 Å². The van der Waals surface area contributed by atoms with Crippen molar-refractivity contribution in [2.75, 3.05) is 0 Å². The molecule has 184 valence electrons. The molecule has 1 aliphatic heterocycles. The van der Waals surface area contributed by atoms with Crippen LogP contribution in [0.4, 0.5) is 0 Å². The Balaban J connectivity index is 1.39. The topological polar surface area (TPSA) is 108 Å². The Morgan fingerprint density at radius 3 is 2.14 bits per heavy atom. The molecule has 1 heterocycles. The molecule has 0 atom stereocenters. The fraction of sp³-hybridized carbons (Fsp3) is 0.100. The van der Waals surface area contributed by atoms with Crippen LogP contribution in [0.3, 0.4) is 0 Å². The van der Waals surface area contributed by atoms with Crippen molar-refractivity contribution in [3.8, 4) is 5.75 Å². The van der Waals surface area contributed by atoms with Gasteiger partial charge in [-0.25, -0.2) is 4.99 Å². The van der Waals surface area contributed by atoms with E-state index in [2.05, 4.69) is 5.32 Å². The van der Waals surface area contributed by atoms with Gasteiger partial charge in [0.1, 0.15) is 5.75 Å². The molecule has 4 aromatic carbocycles. The third kappa shape index (κ3) is 4.54. The van der Waals surface area contributed by atoms with Crippen molar-refractivity contribution in [2.24, 2.45) is 10.7 Å². The molecular weight excluding hydrogens is 464 g/mol. The highest BCUT2D eigenvalue weighted by atomic mass is 16.3. The van der Waals surface area contributed by atoms with E-state index in [-0.39, 0.29) is 36.6 Å². The van der Waals surface area contributed by atoms with Crippen LogP contribution >= 0.6 is 0 Å². The zero-order chi connectivity index (χ0) is 25.8. The summed E-state index contributed by atoms with van der Waals surface area (Å²) in [5.41, 5.74) is 8.32. The Bertz CT molecular complexity index is 1430. The number of phenolic OH excluding ortho intramolecular Hbond substituents is 1. The molecule has 0 fully saturated rings. The molecule has 7 nitrogen and oxygen atoms in total. The lowest BCUT2D eigenvalue weighted by molar-refractivity contribution is -0.130. The normalized spacial score (nSPS) is 14.3. The van der Waals surface area contributed by atoms with E-state index in [0.29, 0.717) is 11.1 Å². The molecule has 0 spiro atoms. The number of carbonyl (C=O) groups excluding carboxylic acids is 2. The molecule has 37 heavy (non-hydrogen) atoms. The number of rotatable bonds is 7. The summed E-state index contributed by atoms with van der Waals surface area (Å²) in [6.45, 7) is 0.354. The Labute approximate surface area is 214 Å². The third-order valence-corrected chi connectivity index (χ3v) is 6.46. The predicted octanol–water partition coefficient (Wildman–Crippen LogP) is 3.92. The number of para-hydroxylation sites is 1. The minimum Gasteiger partial charge on any atom is -0.508 e. The van der Waals surface area contributed by atoms with Gasteiger partial charge in [0, 0.05) is 17.7 Å². The second-order valence-electron chi connectivity index (χ2n) is 8.82. The first-order valence-electron chi connectivity index (χ1n) is 11.9. The number of hydrogen-bond acceptors (Lipinski definition) is 5. The van der Waals surface area contributed by atoms with Gasteiger partial charge in [0.25, 0.3) is 11.8 Å². The molecule has 0 saturated heterocycles. The second kappa shape index (κ2) is 9.99. The summed E-state index contributed by atoms with van der Waals surface area (Å²) in [7, 11) is 0. The predicted molar refractivity (Wildman–Crippen MR) is 142 cm³/mol. The van der Waals surface area contributed by atoms with E-state index in [0.717, 1.165) is 16.7 Å². The quantitative estimate of drug-likeness (QED) is 0.365. The zero-order valence-electron chi connectivity index (χ0n) is 20.0. The smallest absolute Gasteiger partial charge is 0.266 e. The van der Waals surface area contributed by atoms with Crippen molar-refractivity contribution in [1.29, 1.82) is 0 Å². The van der Waals surface area contributed by atoms with Crippen molar-refractivity contribution in [2.45, 2.75) is 18.6 Å². The van der Waals surface area contributed by atoms with Crippen LogP contribution in [0.1, 0.15) is 32.6 Å². The minimum atomic E-state index is -1.28. The number of nitrogens with one attached hydrogen (secondary N) is 1. The van der Waals surface area contributed by atoms with Gasteiger partial charge in [-0.05, 0) is 34.9 Å². The maximum Gasteiger partial charge on any atom is 0.266 e. The lowest BCUT2D eigenvalue weighted by atomic mass is 9.83. The summed E-state index contributed by atoms with van der Waals surface area (Å²) in [5, 5.41) is 12.8. The Hall–Kier alpha value is -4.91. The van der Waals surface area contributed by atoms with Crippen molar-refractivity contribution < 1.29 is 14.7 Å². The SMILES string of the molecule is NC1=NC(c2ccccc2)(c2ccccc2)C(=O)N1Cc1cccc(C(=O)NCc2ccccc2O)c1. The number of aliphatic imine (C=N–C) groups is 1. The summed E-state index contributed by atoms with van der Waals surface area (Å²) in [5.74, 6) is -0.300. The molecule has 4 aromatic rings. The molecule has 1 aliphatic rings. The van der Waals surface area contributed by atoms with Crippen LogP contribution in [0.2, 0.25) is 0 Å². The van der Waals surface area contributed by atoms with E-state index in [4.69, 9.17) is 10.7 Å². The minimum absolute atomic E-state index is 0.118. The lowest BCUT2D eigenvalue weighted by Gasteiger charge is -2.27. The number of benzene rings is 4. The highest BCUT2D eigenvalue weighted by Gasteiger charge is 2.50. The fourth-order valence-electron chi connectivity index (χ4n) is 4.56. The van der Waals surface area contributed by atoms with Crippen LogP contribution < -0.4 is 11.1 Å². The number of guanidine groups is 1. The van der Waals surface area contributed by atoms with Gasteiger partial charge >= 0.3 is 0 Å². The van der Waals surface area contributed by atoms with Crippen molar-refractivity contribution in [1.82, 2.24) is 10.2 Å². The van der Waals surface area contributed by atoms with Gasteiger partial charge in [0.2, 0.25) is 0 Å². The van der Waals surface area contributed by atoms with Gasteiger partial charge in [0.15, 0.2) is 11.5 Å². The maximum absolute atomic E-state index is 14.0. The number of phenols is 1. The summed E-state index contributed by atoms with van der Waals surface area (Å²) in [4.78, 5) is 33.0. The average Bonchev–Trinajstić information content (AvgIpc) is 3.19. The Kier molecular flexibility index (Phi) is 6.43. The van der Waals surface area contributed by atoms with Gasteiger partial charge in [-0.1, -0.05) is 91.0 Å². The average molecular weight is 491 g/mol. The highest BCUT2D eigenvalue weighted by molar-refractivity contribution is 6.09. The van der Waals surface area contributed by atoms with Crippen LogP contribution in [0.25, 0.3) is 0 Å². The first-order valence-corrected chi connectivity index (χ1v) is 11.9. The summed E-state index contributed by atoms with van der Waals surface area (Å²) in [6, 6.07) is 32.7. The molecule has 5 rings (SSSR count). The maximum atomic E-state index is 14.0. The zero-order valence-corrected chi connectivity index (χ0v) is 20.0. The van der Waals surface area contributed by atoms with Gasteiger partial charge in [-0.2, -0.15) is 0 Å². The van der Waals surface area contributed by atoms with Gasteiger partial charge in [-0.3, -0.25) is 14.5 Å². The Morgan fingerprint density at radius 2 is 1.49 bits per heavy atom. The van der Waals surface area contributed by atoms with Crippen molar-refractivity contribution in [3.63, 3.8) is 0 Å². The monoisotopic (exact) mass is 490 g/mol. The number of hydrogen-bond donors (Lipinski definition) is 3. The first kappa shape index (κ1) is 23.8. The van der Waals surface area contributed by atoms with E-state index in [1.165, 1.54) is 4.90 Å². The van der Waals surface area contributed by atoms with Crippen LogP contribution in [0.15, 0.2) is 114 Å². The van der Waals surface area contributed by atoms with Gasteiger partial charge in [-0.15, -0.1) is 0 Å². The second-order valence-corrected chi connectivity index (χ2v) is 8.82. The molecule has 4 N–H and O–H groups in total. The number of amides is 2. The molecule has 0 unspecified atom stereocenters. The summed E-state index contributed by atoms with van der Waals surface area (Å²) >= 11 is 0. The molecule has 0 aliphatic carbocycles. The van der Waals surface area contributed by atoms with Crippen LogP contribution in [-0.4, -0.2) is 27.8 Å². The van der Waals surface area contributed by atoms with Crippen LogP contribution in [0.5, 0.6) is 5.75 Å². The van der Waals surface area contributed by atoms with E-state index in [9.17, 15) is 14.7 Å². The molecule has 2 amide bonds. The molecule has 0 bridgehead atoms. The van der Waals surface area contributed by atoms with Gasteiger partial charge < -0.3 is 16.2 Å². The van der Waals surface area contributed by atoms with E-state index in [1.54, 1.807) is 42.5 Å². The third-order valence-electron chi connectivity index (χ3n) is 6.46. The Morgan fingerprint density at radius 1 is 0.865 bits per heavy atom. The summed E-state index contributed by atoms with van der Waals surface area (Å²) in [6.07, 6.45) is 0. The fourth-order valence-corrected chi connectivity index (χ4v) is 4.56. The van der Waals surface area contributed by atoms with E-state index >= 15 is 0 Å². The lowest BCUT2D eigenvalue weighted by Crippen LogP contribution is -2.43. The number of nitrogens with zero attached hydrogens (tertiary/aromatic N) is 2. The largest absolute Gasteiger partial charge is 0.508 e. The van der Waals surface area contributed by atoms with E-state index in [1.807, 2.05) is 66.7 Å². The van der Waals surface area contributed by atoms with Crippen LogP contribution in [-0.2, 0) is 23.4 Å². The van der Waals surface area contributed by atoms with Gasteiger partial charge in [0.05, 0.1) is 6.54 Å². The highest BCUT2D eigenvalue weighted by Crippen LogP contribution is 2.39.